The molecule has 2 aromatic heterocycles. The number of ether oxygens (including phenoxy) is 1. The summed E-state index contributed by atoms with van der Waals surface area (Å²) in [5.41, 5.74) is 0.866. The largest absolute Gasteiger partial charge is 0.394 e. The fourth-order valence-corrected chi connectivity index (χ4v) is 2.64. The zero-order valence-corrected chi connectivity index (χ0v) is 12.7. The Labute approximate surface area is 130 Å². The summed E-state index contributed by atoms with van der Waals surface area (Å²) in [4.78, 5) is 14.2. The van der Waals surface area contributed by atoms with Crippen LogP contribution in [0.25, 0.3) is 11.2 Å². The molecule has 0 aromatic carbocycles. The summed E-state index contributed by atoms with van der Waals surface area (Å²) in [5, 5.41) is 29.2. The first-order valence-corrected chi connectivity index (χ1v) is 7.01. The third-order valence-corrected chi connectivity index (χ3v) is 3.76. The van der Waals surface area contributed by atoms with Crippen LogP contribution in [-0.4, -0.2) is 73.9 Å². The van der Waals surface area contributed by atoms with Gasteiger partial charge < -0.3 is 25.0 Å². The van der Waals surface area contributed by atoms with Crippen LogP contribution in [-0.2, 0) is 4.74 Å². The molecule has 0 amide bonds. The minimum atomic E-state index is -1.22. The van der Waals surface area contributed by atoms with Crippen molar-refractivity contribution in [1.29, 1.82) is 0 Å². The molecule has 1 fully saturated rings. The maximum atomic E-state index is 10.1. The second kappa shape index (κ2) is 5.60. The Bertz CT molecular complexity index is 693. The molecular weight excluding hydrogens is 314 g/mol. The number of nitrogens with zero attached hydrogens (tertiary/aromatic N) is 5. The molecule has 4 atom stereocenters. The topological polar surface area (TPSA) is 117 Å². The number of aromatic nitrogens is 4. The SMILES string of the molecule is CN(C)c1nc(Cl)nc2c1ncn2[C@@H]1O[C@H](CO)[C@@H](O)[C@H]1O. The number of hydrogen-bond donors (Lipinski definition) is 3. The number of anilines is 1. The van der Waals surface area contributed by atoms with Gasteiger partial charge in [0.2, 0.25) is 5.28 Å². The van der Waals surface area contributed by atoms with E-state index in [-0.39, 0.29) is 5.28 Å². The molecule has 22 heavy (non-hydrogen) atoms. The van der Waals surface area contributed by atoms with E-state index >= 15 is 0 Å². The highest BCUT2D eigenvalue weighted by molar-refractivity contribution is 6.28. The molecule has 0 aliphatic carbocycles. The van der Waals surface area contributed by atoms with E-state index in [2.05, 4.69) is 15.0 Å². The predicted octanol–water partition coefficient (Wildman–Crippen LogP) is -0.843. The minimum Gasteiger partial charge on any atom is -0.394 e. The third kappa shape index (κ3) is 2.31. The van der Waals surface area contributed by atoms with Gasteiger partial charge in [0.05, 0.1) is 12.9 Å². The monoisotopic (exact) mass is 329 g/mol. The summed E-state index contributed by atoms with van der Waals surface area (Å²) in [6.07, 6.45) is -2.77. The van der Waals surface area contributed by atoms with Crippen molar-refractivity contribution >= 4 is 28.6 Å². The average molecular weight is 330 g/mol. The quantitative estimate of drug-likeness (QED) is 0.624. The maximum absolute atomic E-state index is 10.1. The summed E-state index contributed by atoms with van der Waals surface area (Å²) < 4.78 is 6.96. The van der Waals surface area contributed by atoms with Crippen LogP contribution in [0.4, 0.5) is 5.82 Å². The van der Waals surface area contributed by atoms with Crippen LogP contribution in [0, 0.1) is 0 Å². The maximum Gasteiger partial charge on any atom is 0.226 e. The van der Waals surface area contributed by atoms with Gasteiger partial charge in [-0.15, -0.1) is 0 Å². The highest BCUT2D eigenvalue weighted by Gasteiger charge is 2.44. The lowest BCUT2D eigenvalue weighted by atomic mass is 10.1. The molecular formula is C12H16ClN5O4. The Hall–Kier alpha value is -1.52. The number of fused-ring (bicyclic) bond motifs is 1. The molecule has 0 unspecified atom stereocenters. The molecule has 1 saturated heterocycles. The molecule has 3 N–H and O–H groups in total. The van der Waals surface area contributed by atoms with Gasteiger partial charge in [0.1, 0.15) is 18.3 Å². The van der Waals surface area contributed by atoms with Crippen molar-refractivity contribution in [3.8, 4) is 0 Å². The highest BCUT2D eigenvalue weighted by atomic mass is 35.5. The van der Waals surface area contributed by atoms with Crippen LogP contribution in [0.2, 0.25) is 5.28 Å². The van der Waals surface area contributed by atoms with E-state index in [1.165, 1.54) is 10.9 Å². The van der Waals surface area contributed by atoms with Crippen molar-refractivity contribution in [1.82, 2.24) is 19.5 Å². The van der Waals surface area contributed by atoms with E-state index in [1.807, 2.05) is 0 Å². The fourth-order valence-electron chi connectivity index (χ4n) is 2.48. The van der Waals surface area contributed by atoms with Crippen molar-refractivity contribution in [3.63, 3.8) is 0 Å². The van der Waals surface area contributed by atoms with Crippen LogP contribution in [0.5, 0.6) is 0 Å². The first-order valence-electron chi connectivity index (χ1n) is 6.64. The Balaban J connectivity index is 2.09. The molecule has 0 spiro atoms. The minimum absolute atomic E-state index is 0.0321. The number of aliphatic hydroxyl groups excluding tert-OH is 3. The van der Waals surface area contributed by atoms with Gasteiger partial charge in [0, 0.05) is 14.1 Å². The number of aliphatic hydroxyl groups is 3. The summed E-state index contributed by atoms with van der Waals surface area (Å²) in [6.45, 7) is -0.403. The van der Waals surface area contributed by atoms with E-state index in [0.29, 0.717) is 17.0 Å². The van der Waals surface area contributed by atoms with Crippen LogP contribution < -0.4 is 4.90 Å². The van der Waals surface area contributed by atoms with Crippen molar-refractivity contribution in [3.05, 3.63) is 11.6 Å². The van der Waals surface area contributed by atoms with Gasteiger partial charge >= 0.3 is 0 Å². The lowest BCUT2D eigenvalue weighted by molar-refractivity contribution is -0.0511. The van der Waals surface area contributed by atoms with Gasteiger partial charge in [-0.2, -0.15) is 9.97 Å². The molecule has 0 radical (unpaired) electrons. The van der Waals surface area contributed by atoms with E-state index in [9.17, 15) is 10.2 Å². The van der Waals surface area contributed by atoms with Crippen LogP contribution >= 0.6 is 11.6 Å². The van der Waals surface area contributed by atoms with Gasteiger partial charge in [-0.1, -0.05) is 0 Å². The molecule has 1 aliphatic rings. The number of halogens is 1. The second-order valence-corrected chi connectivity index (χ2v) is 5.60. The van der Waals surface area contributed by atoms with E-state index < -0.39 is 31.1 Å². The molecule has 2 aromatic rings. The van der Waals surface area contributed by atoms with Crippen molar-refractivity contribution in [2.45, 2.75) is 24.5 Å². The smallest absolute Gasteiger partial charge is 0.226 e. The zero-order valence-electron chi connectivity index (χ0n) is 12.0. The number of imidazole rings is 1. The third-order valence-electron chi connectivity index (χ3n) is 3.59. The lowest BCUT2D eigenvalue weighted by Gasteiger charge is -2.17. The zero-order chi connectivity index (χ0) is 16.0. The van der Waals surface area contributed by atoms with Gasteiger partial charge in [0.25, 0.3) is 0 Å². The molecule has 1 aliphatic heterocycles. The Morgan fingerprint density at radius 1 is 1.32 bits per heavy atom. The van der Waals surface area contributed by atoms with Gasteiger partial charge in [0.15, 0.2) is 23.2 Å². The number of hydrogen-bond acceptors (Lipinski definition) is 8. The summed E-state index contributed by atoms with van der Waals surface area (Å²) >= 11 is 5.94. The van der Waals surface area contributed by atoms with E-state index in [1.54, 1.807) is 19.0 Å². The van der Waals surface area contributed by atoms with Crippen LogP contribution in [0.1, 0.15) is 6.23 Å². The molecule has 3 rings (SSSR count). The molecule has 10 heteroatoms. The second-order valence-electron chi connectivity index (χ2n) is 5.26. The highest BCUT2D eigenvalue weighted by Crippen LogP contribution is 2.33. The van der Waals surface area contributed by atoms with Crippen molar-refractivity contribution in [2.75, 3.05) is 25.6 Å². The average Bonchev–Trinajstić information content (AvgIpc) is 3.00. The Morgan fingerprint density at radius 3 is 2.64 bits per heavy atom. The summed E-state index contributed by atoms with van der Waals surface area (Å²) in [6, 6.07) is 0. The Kier molecular flexibility index (Phi) is 3.91. The van der Waals surface area contributed by atoms with Gasteiger partial charge in [-0.3, -0.25) is 4.57 Å². The van der Waals surface area contributed by atoms with E-state index in [0.717, 1.165) is 0 Å². The van der Waals surface area contributed by atoms with Gasteiger partial charge in [-0.05, 0) is 11.6 Å². The van der Waals surface area contributed by atoms with E-state index in [4.69, 9.17) is 21.4 Å². The standard InChI is InChI=1S/C12H16ClN5O4/c1-17(2)9-6-10(16-12(13)15-9)18(4-14-6)11-8(21)7(20)5(3-19)22-11/h4-5,7-8,11,19-21H,3H2,1-2H3/t5-,7-,8-,11-/m1/s1. The van der Waals surface area contributed by atoms with Gasteiger partial charge in [-0.25, -0.2) is 4.98 Å². The summed E-state index contributed by atoms with van der Waals surface area (Å²) in [5.74, 6) is 0.528. The van der Waals surface area contributed by atoms with Crippen molar-refractivity contribution < 1.29 is 20.1 Å². The van der Waals surface area contributed by atoms with Crippen molar-refractivity contribution in [2.24, 2.45) is 0 Å². The number of rotatable bonds is 3. The predicted molar refractivity (Wildman–Crippen MR) is 77.7 cm³/mol. The lowest BCUT2D eigenvalue weighted by Crippen LogP contribution is -2.33. The molecule has 0 bridgehead atoms. The normalized spacial score (nSPS) is 28.5. The first-order chi connectivity index (χ1) is 10.4. The molecule has 0 saturated carbocycles. The molecule has 3 heterocycles. The first kappa shape index (κ1) is 15.4. The van der Waals surface area contributed by atoms with Crippen LogP contribution in [0.3, 0.4) is 0 Å². The molecule has 120 valence electrons. The van der Waals surface area contributed by atoms with Crippen LogP contribution in [0.15, 0.2) is 6.33 Å². The summed E-state index contributed by atoms with van der Waals surface area (Å²) in [7, 11) is 3.59. The molecule has 9 nitrogen and oxygen atoms in total. The Morgan fingerprint density at radius 2 is 2.05 bits per heavy atom. The fraction of sp³-hybridized carbons (Fsp3) is 0.583.